The van der Waals surface area contributed by atoms with Gasteiger partial charge in [-0.15, -0.1) is 0 Å². The number of carbonyl (C=O) groups is 1. The van der Waals surface area contributed by atoms with E-state index < -0.39 is 11.9 Å². The molecule has 21 heavy (non-hydrogen) atoms. The molecule has 5 nitrogen and oxygen atoms in total. The molecule has 2 rings (SSSR count). The van der Waals surface area contributed by atoms with Gasteiger partial charge < -0.3 is 14.7 Å². The van der Waals surface area contributed by atoms with Gasteiger partial charge in [-0.05, 0) is 18.6 Å². The summed E-state index contributed by atoms with van der Waals surface area (Å²) >= 11 is 0. The highest BCUT2D eigenvalue weighted by atomic mass is 16.5. The number of nitrogens with zero attached hydrogens (tertiary/aromatic N) is 2. The molecule has 0 amide bonds. The minimum Gasteiger partial charge on any atom is -0.494 e. The van der Waals surface area contributed by atoms with Gasteiger partial charge in [0.05, 0.1) is 18.7 Å². The van der Waals surface area contributed by atoms with Gasteiger partial charge in [0.2, 0.25) is 0 Å². The van der Waals surface area contributed by atoms with Crippen molar-refractivity contribution in [2.75, 3.05) is 25.6 Å². The molecule has 0 aliphatic heterocycles. The smallest absolute Gasteiger partial charge is 0.308 e. The van der Waals surface area contributed by atoms with E-state index in [0.717, 1.165) is 22.2 Å². The van der Waals surface area contributed by atoms with Crippen molar-refractivity contribution in [3.63, 3.8) is 0 Å². The number of para-hydroxylation sites is 1. The fraction of sp³-hybridized carbons (Fsp3) is 0.375. The third kappa shape index (κ3) is 2.91. The monoisotopic (exact) mass is 288 g/mol. The second-order valence-corrected chi connectivity index (χ2v) is 5.27. The molecule has 0 saturated heterocycles. The zero-order valence-corrected chi connectivity index (χ0v) is 12.8. The number of aryl methyl sites for hydroxylation is 1. The summed E-state index contributed by atoms with van der Waals surface area (Å²) in [7, 11) is 3.52. The van der Waals surface area contributed by atoms with Crippen molar-refractivity contribution < 1.29 is 14.6 Å². The quantitative estimate of drug-likeness (QED) is 0.916. The zero-order chi connectivity index (χ0) is 15.6. The van der Waals surface area contributed by atoms with Gasteiger partial charge in [-0.1, -0.05) is 19.1 Å². The number of hydrogen-bond donors (Lipinski definition) is 1. The molecule has 5 heteroatoms. The fourth-order valence-corrected chi connectivity index (χ4v) is 2.53. The lowest BCUT2D eigenvalue weighted by molar-refractivity contribution is -0.140. The Bertz CT molecular complexity index is 670. The van der Waals surface area contributed by atoms with E-state index >= 15 is 0 Å². The number of rotatable bonds is 5. The second kappa shape index (κ2) is 5.99. The van der Waals surface area contributed by atoms with Gasteiger partial charge in [0, 0.05) is 25.2 Å². The van der Waals surface area contributed by atoms with Crippen molar-refractivity contribution >= 4 is 22.6 Å². The van der Waals surface area contributed by atoms with E-state index in [0.29, 0.717) is 12.3 Å². The molecule has 112 valence electrons. The highest BCUT2D eigenvalue weighted by Crippen LogP contribution is 2.33. The highest BCUT2D eigenvalue weighted by molar-refractivity contribution is 5.96. The number of hydrogen-bond acceptors (Lipinski definition) is 4. The van der Waals surface area contributed by atoms with E-state index in [2.05, 4.69) is 4.98 Å². The van der Waals surface area contributed by atoms with Gasteiger partial charge in [0.15, 0.2) is 0 Å². The lowest BCUT2D eigenvalue weighted by Gasteiger charge is -2.25. The van der Waals surface area contributed by atoms with E-state index in [4.69, 9.17) is 9.84 Å². The van der Waals surface area contributed by atoms with Crippen LogP contribution in [-0.4, -0.2) is 36.8 Å². The number of pyridine rings is 1. The molecule has 0 aliphatic rings. The van der Waals surface area contributed by atoms with E-state index in [1.807, 2.05) is 37.1 Å². The van der Waals surface area contributed by atoms with E-state index in [1.54, 1.807) is 20.2 Å². The van der Waals surface area contributed by atoms with E-state index in [1.165, 1.54) is 0 Å². The maximum atomic E-state index is 11.1. The van der Waals surface area contributed by atoms with E-state index in [-0.39, 0.29) is 0 Å². The largest absolute Gasteiger partial charge is 0.494 e. The molecule has 0 spiro atoms. The molecule has 2 aromatic rings. The van der Waals surface area contributed by atoms with Crippen molar-refractivity contribution in [2.45, 2.75) is 13.8 Å². The molecule has 1 unspecified atom stereocenters. The van der Waals surface area contributed by atoms with Crippen molar-refractivity contribution in [1.82, 2.24) is 4.98 Å². The first-order valence-corrected chi connectivity index (χ1v) is 6.82. The van der Waals surface area contributed by atoms with Crippen molar-refractivity contribution in [2.24, 2.45) is 5.92 Å². The van der Waals surface area contributed by atoms with Crippen LogP contribution in [0.25, 0.3) is 10.9 Å². The predicted octanol–water partition coefficient (Wildman–Crippen LogP) is 2.71. The Morgan fingerprint density at radius 3 is 2.81 bits per heavy atom. The standard InChI is InChI=1S/C16H20N2O3/c1-10-8-17-14-12(6-5-7-13(14)21-4)15(10)18(3)9-11(2)16(19)20/h5-8,11H,9H2,1-4H3,(H,19,20). The number of aromatic nitrogens is 1. The molecule has 1 aromatic heterocycles. The Kier molecular flexibility index (Phi) is 4.31. The average molecular weight is 288 g/mol. The van der Waals surface area contributed by atoms with Gasteiger partial charge in [-0.3, -0.25) is 9.78 Å². The number of benzene rings is 1. The van der Waals surface area contributed by atoms with Gasteiger partial charge in [0.1, 0.15) is 11.3 Å². The topological polar surface area (TPSA) is 62.7 Å². The normalized spacial score (nSPS) is 12.2. The first-order valence-electron chi connectivity index (χ1n) is 6.82. The van der Waals surface area contributed by atoms with Crippen LogP contribution in [0.15, 0.2) is 24.4 Å². The van der Waals surface area contributed by atoms with Crippen molar-refractivity contribution in [3.8, 4) is 5.75 Å². The minimum atomic E-state index is -0.796. The van der Waals surface area contributed by atoms with Crippen LogP contribution in [0.2, 0.25) is 0 Å². The molecule has 1 heterocycles. The lowest BCUT2D eigenvalue weighted by atomic mass is 10.1. The number of aliphatic carboxylic acids is 1. The molecule has 0 bridgehead atoms. The summed E-state index contributed by atoms with van der Waals surface area (Å²) in [6.07, 6.45) is 1.79. The Labute approximate surface area is 124 Å². The van der Waals surface area contributed by atoms with Crippen LogP contribution in [0.3, 0.4) is 0 Å². The van der Waals surface area contributed by atoms with Gasteiger partial charge in [-0.2, -0.15) is 0 Å². The molecule has 1 aromatic carbocycles. The number of fused-ring (bicyclic) bond motifs is 1. The highest BCUT2D eigenvalue weighted by Gasteiger charge is 2.18. The second-order valence-electron chi connectivity index (χ2n) is 5.27. The molecule has 0 saturated carbocycles. The molecular formula is C16H20N2O3. The number of anilines is 1. The summed E-state index contributed by atoms with van der Waals surface area (Å²) < 4.78 is 5.35. The first kappa shape index (κ1) is 15.1. The first-order chi connectivity index (χ1) is 9.95. The summed E-state index contributed by atoms with van der Waals surface area (Å²) in [5.41, 5.74) is 2.79. The van der Waals surface area contributed by atoms with Crippen LogP contribution in [-0.2, 0) is 4.79 Å². The Balaban J connectivity index is 2.52. The van der Waals surface area contributed by atoms with Gasteiger partial charge in [0.25, 0.3) is 0 Å². The summed E-state index contributed by atoms with van der Waals surface area (Å²) in [6.45, 7) is 4.12. The van der Waals surface area contributed by atoms with E-state index in [9.17, 15) is 4.79 Å². The number of ether oxygens (including phenoxy) is 1. The number of methoxy groups -OCH3 is 1. The lowest BCUT2D eigenvalue weighted by Crippen LogP contribution is -2.29. The number of carboxylic acid groups (broad SMARTS) is 1. The third-order valence-corrected chi connectivity index (χ3v) is 3.59. The Morgan fingerprint density at radius 1 is 1.48 bits per heavy atom. The van der Waals surface area contributed by atoms with Gasteiger partial charge in [-0.25, -0.2) is 0 Å². The maximum Gasteiger partial charge on any atom is 0.308 e. The molecular weight excluding hydrogens is 268 g/mol. The Hall–Kier alpha value is -2.30. The number of carboxylic acids is 1. The molecule has 1 atom stereocenters. The Morgan fingerprint density at radius 2 is 2.19 bits per heavy atom. The molecule has 0 radical (unpaired) electrons. The summed E-state index contributed by atoms with van der Waals surface area (Å²) in [6, 6.07) is 5.77. The molecule has 0 aliphatic carbocycles. The van der Waals surface area contributed by atoms with Crippen LogP contribution in [0, 0.1) is 12.8 Å². The van der Waals surface area contributed by atoms with Crippen LogP contribution in [0.1, 0.15) is 12.5 Å². The van der Waals surface area contributed by atoms with Crippen LogP contribution in [0.4, 0.5) is 5.69 Å². The minimum absolute atomic E-state index is 0.437. The average Bonchev–Trinajstić information content (AvgIpc) is 2.45. The summed E-state index contributed by atoms with van der Waals surface area (Å²) in [5, 5.41) is 10.1. The van der Waals surface area contributed by atoms with Crippen molar-refractivity contribution in [3.05, 3.63) is 30.0 Å². The molecule has 1 N–H and O–H groups in total. The van der Waals surface area contributed by atoms with Gasteiger partial charge >= 0.3 is 5.97 Å². The fourth-order valence-electron chi connectivity index (χ4n) is 2.53. The third-order valence-electron chi connectivity index (χ3n) is 3.59. The molecule has 0 fully saturated rings. The zero-order valence-electron chi connectivity index (χ0n) is 12.8. The summed E-state index contributed by atoms with van der Waals surface area (Å²) in [4.78, 5) is 17.5. The maximum absolute atomic E-state index is 11.1. The summed E-state index contributed by atoms with van der Waals surface area (Å²) in [5.74, 6) is -0.521. The predicted molar refractivity (Wildman–Crippen MR) is 83.1 cm³/mol. The van der Waals surface area contributed by atoms with Crippen LogP contribution in [0.5, 0.6) is 5.75 Å². The van der Waals surface area contributed by atoms with Crippen LogP contribution < -0.4 is 9.64 Å². The SMILES string of the molecule is COc1cccc2c(N(C)CC(C)C(=O)O)c(C)cnc12. The van der Waals surface area contributed by atoms with Crippen molar-refractivity contribution in [1.29, 1.82) is 0 Å². The van der Waals surface area contributed by atoms with Crippen LogP contribution >= 0.6 is 0 Å².